The molecule has 10 heteroatoms. The van der Waals surface area contributed by atoms with Gasteiger partial charge < -0.3 is 10.1 Å². The number of carbonyl (C=O) groups is 3. The summed E-state index contributed by atoms with van der Waals surface area (Å²) in [5.74, 6) is -1.28. The van der Waals surface area contributed by atoms with E-state index in [9.17, 15) is 14.4 Å². The highest BCUT2D eigenvalue weighted by molar-refractivity contribution is 6.33. The monoisotopic (exact) mass is 379 g/mol. The topological polar surface area (TPSA) is 115 Å². The Bertz CT molecular complexity index is 864. The van der Waals surface area contributed by atoms with Crippen molar-refractivity contribution in [1.82, 2.24) is 25.4 Å². The summed E-state index contributed by atoms with van der Waals surface area (Å²) >= 11 is 6.04. The average Bonchev–Trinajstić information content (AvgIpc) is 2.93. The number of aryl methyl sites for hydroxylation is 2. The first-order valence-electron chi connectivity index (χ1n) is 7.66. The summed E-state index contributed by atoms with van der Waals surface area (Å²) in [4.78, 5) is 39.4. The van der Waals surface area contributed by atoms with Gasteiger partial charge in [0.05, 0.1) is 10.7 Å². The number of aromatic nitrogens is 3. The highest BCUT2D eigenvalue weighted by atomic mass is 35.5. The molecule has 9 nitrogen and oxygen atoms in total. The van der Waals surface area contributed by atoms with E-state index in [0.29, 0.717) is 5.82 Å². The van der Waals surface area contributed by atoms with Crippen LogP contribution < -0.4 is 10.6 Å². The van der Waals surface area contributed by atoms with Crippen LogP contribution in [-0.2, 0) is 9.53 Å². The number of nitrogens with one attached hydrogen (secondary N) is 2. The molecule has 1 unspecified atom stereocenters. The van der Waals surface area contributed by atoms with E-state index < -0.39 is 24.0 Å². The summed E-state index contributed by atoms with van der Waals surface area (Å²) in [6, 6.07) is 4.26. The summed E-state index contributed by atoms with van der Waals surface area (Å²) in [7, 11) is 1.35. The second kappa shape index (κ2) is 7.96. The number of hydrogen-bond donors (Lipinski definition) is 2. The molecule has 1 atom stereocenters. The Balaban J connectivity index is 2.21. The van der Waals surface area contributed by atoms with E-state index in [-0.39, 0.29) is 10.7 Å². The van der Waals surface area contributed by atoms with Gasteiger partial charge in [-0.25, -0.2) is 19.3 Å². The molecule has 3 amide bonds. The van der Waals surface area contributed by atoms with Crippen LogP contribution in [0.15, 0.2) is 18.2 Å². The van der Waals surface area contributed by atoms with Crippen molar-refractivity contribution in [2.24, 2.45) is 0 Å². The van der Waals surface area contributed by atoms with Crippen LogP contribution in [0.1, 0.15) is 28.8 Å². The van der Waals surface area contributed by atoms with Crippen molar-refractivity contribution >= 4 is 29.5 Å². The molecule has 138 valence electrons. The van der Waals surface area contributed by atoms with Crippen molar-refractivity contribution < 1.29 is 19.1 Å². The van der Waals surface area contributed by atoms with Crippen LogP contribution in [0.2, 0.25) is 5.02 Å². The summed E-state index contributed by atoms with van der Waals surface area (Å²) in [5, 5.41) is 8.60. The zero-order valence-corrected chi connectivity index (χ0v) is 15.4. The van der Waals surface area contributed by atoms with E-state index >= 15 is 0 Å². The number of urea groups is 1. The van der Waals surface area contributed by atoms with Crippen molar-refractivity contribution in [1.29, 1.82) is 0 Å². The third kappa shape index (κ3) is 4.37. The van der Waals surface area contributed by atoms with Crippen molar-refractivity contribution in [3.05, 3.63) is 40.3 Å². The molecule has 0 saturated carbocycles. The van der Waals surface area contributed by atoms with Crippen LogP contribution in [-0.4, -0.2) is 45.8 Å². The van der Waals surface area contributed by atoms with E-state index in [0.717, 1.165) is 11.4 Å². The highest BCUT2D eigenvalue weighted by Crippen LogP contribution is 2.19. The molecule has 26 heavy (non-hydrogen) atoms. The molecule has 0 saturated heterocycles. The minimum atomic E-state index is -1.21. The minimum absolute atomic E-state index is 0.0687. The maximum Gasteiger partial charge on any atom is 0.359 e. The predicted octanol–water partition coefficient (Wildman–Crippen LogP) is 1.54. The molecule has 2 aromatic heterocycles. The molecule has 2 heterocycles. The smallest absolute Gasteiger partial charge is 0.359 e. The van der Waals surface area contributed by atoms with Gasteiger partial charge in [-0.2, -0.15) is 5.10 Å². The molecular weight excluding hydrogens is 362 g/mol. The first-order valence-corrected chi connectivity index (χ1v) is 8.04. The fraction of sp³-hybridized carbons (Fsp3) is 0.312. The maximum atomic E-state index is 12.3. The maximum absolute atomic E-state index is 12.3. The van der Waals surface area contributed by atoms with E-state index in [1.54, 1.807) is 10.7 Å². The van der Waals surface area contributed by atoms with Gasteiger partial charge in [0.1, 0.15) is 0 Å². The van der Waals surface area contributed by atoms with Gasteiger partial charge in [-0.15, -0.1) is 0 Å². The van der Waals surface area contributed by atoms with Crippen molar-refractivity contribution in [2.75, 3.05) is 7.05 Å². The Hall–Kier alpha value is -2.94. The van der Waals surface area contributed by atoms with Crippen molar-refractivity contribution in [3.8, 4) is 5.82 Å². The Morgan fingerprint density at radius 1 is 1.27 bits per heavy atom. The largest absolute Gasteiger partial charge is 0.448 e. The summed E-state index contributed by atoms with van der Waals surface area (Å²) in [6.07, 6.45) is -1.21. The normalized spacial score (nSPS) is 11.6. The number of halogens is 1. The van der Waals surface area contributed by atoms with Gasteiger partial charge in [0.25, 0.3) is 5.91 Å². The molecule has 0 bridgehead atoms. The van der Waals surface area contributed by atoms with Gasteiger partial charge in [0.15, 0.2) is 17.6 Å². The van der Waals surface area contributed by atoms with Crippen LogP contribution in [0.3, 0.4) is 0 Å². The molecule has 0 aromatic carbocycles. The fourth-order valence-electron chi connectivity index (χ4n) is 2.10. The van der Waals surface area contributed by atoms with Gasteiger partial charge >= 0.3 is 12.0 Å². The number of nitrogens with zero attached hydrogens (tertiary/aromatic N) is 3. The second-order valence-corrected chi connectivity index (χ2v) is 5.86. The molecule has 2 N–H and O–H groups in total. The van der Waals surface area contributed by atoms with E-state index in [1.165, 1.54) is 20.0 Å². The van der Waals surface area contributed by atoms with Gasteiger partial charge in [0, 0.05) is 12.7 Å². The molecule has 0 aliphatic carbocycles. The van der Waals surface area contributed by atoms with Crippen LogP contribution in [0.25, 0.3) is 5.82 Å². The summed E-state index contributed by atoms with van der Waals surface area (Å²) in [6.45, 7) is 5.01. The van der Waals surface area contributed by atoms with Gasteiger partial charge in [0.2, 0.25) is 0 Å². The van der Waals surface area contributed by atoms with Crippen LogP contribution in [0, 0.1) is 13.8 Å². The quantitative estimate of drug-likeness (QED) is 0.778. The number of imide groups is 1. The van der Waals surface area contributed by atoms with Gasteiger partial charge in [-0.3, -0.25) is 10.1 Å². The van der Waals surface area contributed by atoms with Gasteiger partial charge in [-0.1, -0.05) is 11.6 Å². The molecule has 2 rings (SSSR count). The van der Waals surface area contributed by atoms with Crippen LogP contribution in [0.4, 0.5) is 4.79 Å². The SMILES string of the molecule is CNC(=O)NC(=O)C(C)OC(=O)c1nc(-n2nc(C)cc2C)ccc1Cl. The number of hydrogen-bond acceptors (Lipinski definition) is 6. The first-order chi connectivity index (χ1) is 12.2. The lowest BCUT2D eigenvalue weighted by molar-refractivity contribution is -0.127. The molecular formula is C16H18ClN5O4. The fourth-order valence-corrected chi connectivity index (χ4v) is 2.28. The third-order valence-corrected chi connectivity index (χ3v) is 3.67. The van der Waals surface area contributed by atoms with Crippen LogP contribution >= 0.6 is 11.6 Å². The second-order valence-electron chi connectivity index (χ2n) is 5.45. The number of amides is 3. The molecule has 0 aliphatic heterocycles. The molecule has 2 aromatic rings. The lowest BCUT2D eigenvalue weighted by Gasteiger charge is -2.13. The van der Waals surface area contributed by atoms with E-state index in [2.05, 4.69) is 15.4 Å². The summed E-state index contributed by atoms with van der Waals surface area (Å²) < 4.78 is 6.60. The molecule has 0 spiro atoms. The Morgan fingerprint density at radius 2 is 1.96 bits per heavy atom. The Morgan fingerprint density at radius 3 is 2.54 bits per heavy atom. The van der Waals surface area contributed by atoms with Gasteiger partial charge in [-0.05, 0) is 39.0 Å². The number of esters is 1. The number of pyridine rings is 1. The lowest BCUT2D eigenvalue weighted by Crippen LogP contribution is -2.43. The van der Waals surface area contributed by atoms with E-state index in [1.807, 2.05) is 25.2 Å². The standard InChI is InChI=1S/C16H18ClN5O4/c1-8-7-9(2)22(21-8)12-6-5-11(17)13(19-12)15(24)26-10(3)14(23)20-16(25)18-4/h5-7,10H,1-4H3,(H2,18,20,23,25). The number of carbonyl (C=O) groups excluding carboxylic acids is 3. The molecule has 0 aliphatic rings. The Kier molecular flexibility index (Phi) is 5.93. The molecule has 0 radical (unpaired) electrons. The first kappa shape index (κ1) is 19.4. The minimum Gasteiger partial charge on any atom is -0.448 e. The predicted molar refractivity (Wildman–Crippen MR) is 93.3 cm³/mol. The number of ether oxygens (including phenoxy) is 1. The average molecular weight is 380 g/mol. The lowest BCUT2D eigenvalue weighted by atomic mass is 10.3. The Labute approximate surface area is 154 Å². The van der Waals surface area contributed by atoms with Crippen molar-refractivity contribution in [3.63, 3.8) is 0 Å². The zero-order valence-electron chi connectivity index (χ0n) is 14.7. The third-order valence-electron chi connectivity index (χ3n) is 3.37. The number of rotatable bonds is 4. The highest BCUT2D eigenvalue weighted by Gasteiger charge is 2.23. The van der Waals surface area contributed by atoms with Crippen molar-refractivity contribution in [2.45, 2.75) is 26.9 Å². The summed E-state index contributed by atoms with van der Waals surface area (Å²) in [5.41, 5.74) is 1.47. The van der Waals surface area contributed by atoms with E-state index in [4.69, 9.17) is 16.3 Å². The van der Waals surface area contributed by atoms with Crippen LogP contribution in [0.5, 0.6) is 0 Å². The zero-order chi connectivity index (χ0) is 19.4. The molecule has 0 fully saturated rings.